The number of benzene rings is 3. The topological polar surface area (TPSA) is 58.6 Å². The van der Waals surface area contributed by atoms with Crippen LogP contribution in [0.3, 0.4) is 0 Å². The summed E-state index contributed by atoms with van der Waals surface area (Å²) in [5.74, 6) is -1.43. The van der Waals surface area contributed by atoms with E-state index in [2.05, 4.69) is 5.32 Å². The van der Waals surface area contributed by atoms with Gasteiger partial charge in [-0.05, 0) is 72.9 Å². The standard InChI is InChI=1S/C29H26F4N2O3/c1-17(19-5-7-20(8-6-19)27(37)38-2)34-26(36)23-13-22(30)14-24-25(23)35(16-28(24)11-12-28)15-18-3-9-21(10-4-18)29(31,32)33/h3-10,13-14,17H,11-12,15-16H2,1-2H3,(H,34,36). The highest BCUT2D eigenvalue weighted by Crippen LogP contribution is 2.57. The van der Waals surface area contributed by atoms with Crippen molar-refractivity contribution in [3.63, 3.8) is 0 Å². The van der Waals surface area contributed by atoms with Gasteiger partial charge in [0.25, 0.3) is 5.91 Å². The normalized spacial score (nSPS) is 16.2. The minimum absolute atomic E-state index is 0.189. The second-order valence-corrected chi connectivity index (χ2v) is 9.99. The van der Waals surface area contributed by atoms with E-state index in [1.54, 1.807) is 31.2 Å². The Hall–Kier alpha value is -3.88. The molecule has 38 heavy (non-hydrogen) atoms. The number of carbonyl (C=O) groups excluding carboxylic acids is 2. The molecule has 0 saturated heterocycles. The van der Waals surface area contributed by atoms with Crippen LogP contribution in [0, 0.1) is 5.82 Å². The van der Waals surface area contributed by atoms with Gasteiger partial charge in [0.1, 0.15) is 5.82 Å². The number of nitrogens with zero attached hydrogens (tertiary/aromatic N) is 1. The SMILES string of the molecule is COC(=O)c1ccc(C(C)NC(=O)c2cc(F)cc3c2N(Cc2ccc(C(F)(F)F)cc2)CC32CC2)cc1. The number of esters is 1. The molecule has 1 saturated carbocycles. The Balaban J connectivity index is 1.41. The van der Waals surface area contributed by atoms with Gasteiger partial charge in [0.05, 0.1) is 35.5 Å². The van der Waals surface area contributed by atoms with Crippen molar-refractivity contribution >= 4 is 17.6 Å². The number of hydrogen-bond donors (Lipinski definition) is 1. The predicted octanol–water partition coefficient (Wildman–Crippen LogP) is 6.17. The fraction of sp³-hybridized carbons (Fsp3) is 0.310. The van der Waals surface area contributed by atoms with Gasteiger partial charge in [0.15, 0.2) is 0 Å². The zero-order valence-corrected chi connectivity index (χ0v) is 20.9. The summed E-state index contributed by atoms with van der Waals surface area (Å²) in [6, 6.07) is 13.8. The van der Waals surface area contributed by atoms with Crippen LogP contribution < -0.4 is 10.2 Å². The molecular formula is C29H26F4N2O3. The van der Waals surface area contributed by atoms with Crippen LogP contribution in [0.1, 0.15) is 68.8 Å². The van der Waals surface area contributed by atoms with E-state index >= 15 is 0 Å². The van der Waals surface area contributed by atoms with Crippen molar-refractivity contribution in [3.05, 3.63) is 99.9 Å². The molecule has 0 bridgehead atoms. The molecule has 0 radical (unpaired) electrons. The van der Waals surface area contributed by atoms with Crippen LogP contribution in [-0.4, -0.2) is 25.5 Å². The molecule has 1 N–H and O–H groups in total. The minimum atomic E-state index is -4.42. The Morgan fingerprint density at radius 1 is 1.05 bits per heavy atom. The molecule has 2 aliphatic rings. The van der Waals surface area contributed by atoms with Gasteiger partial charge < -0.3 is 15.0 Å². The average molecular weight is 527 g/mol. The Morgan fingerprint density at radius 3 is 2.29 bits per heavy atom. The molecule has 1 fully saturated rings. The van der Waals surface area contributed by atoms with Crippen LogP contribution in [0.2, 0.25) is 0 Å². The van der Waals surface area contributed by atoms with E-state index in [-0.39, 0.29) is 11.0 Å². The lowest BCUT2D eigenvalue weighted by Crippen LogP contribution is -2.30. The summed E-state index contributed by atoms with van der Waals surface area (Å²) in [5, 5.41) is 2.91. The number of ether oxygens (including phenoxy) is 1. The first-order valence-electron chi connectivity index (χ1n) is 12.2. The summed E-state index contributed by atoms with van der Waals surface area (Å²) in [5.41, 5.74) is 2.40. The van der Waals surface area contributed by atoms with Crippen molar-refractivity contribution in [2.45, 2.75) is 43.9 Å². The summed E-state index contributed by atoms with van der Waals surface area (Å²) in [4.78, 5) is 27.1. The molecule has 1 aliphatic heterocycles. The van der Waals surface area contributed by atoms with Crippen LogP contribution in [0.5, 0.6) is 0 Å². The Kier molecular flexibility index (Phi) is 6.41. The van der Waals surface area contributed by atoms with E-state index in [9.17, 15) is 27.2 Å². The smallest absolute Gasteiger partial charge is 0.416 e. The van der Waals surface area contributed by atoms with Gasteiger partial charge in [-0.1, -0.05) is 24.3 Å². The van der Waals surface area contributed by atoms with Gasteiger partial charge in [-0.2, -0.15) is 13.2 Å². The van der Waals surface area contributed by atoms with Crippen LogP contribution in [0.4, 0.5) is 23.2 Å². The lowest BCUT2D eigenvalue weighted by atomic mass is 9.95. The quantitative estimate of drug-likeness (QED) is 0.308. The molecule has 3 aromatic rings. The monoisotopic (exact) mass is 526 g/mol. The molecule has 1 aliphatic carbocycles. The second kappa shape index (κ2) is 9.45. The summed E-state index contributed by atoms with van der Waals surface area (Å²) < 4.78 is 58.4. The number of amides is 1. The van der Waals surface area contributed by atoms with Crippen LogP contribution in [0.25, 0.3) is 0 Å². The Morgan fingerprint density at radius 2 is 1.71 bits per heavy atom. The van der Waals surface area contributed by atoms with Gasteiger partial charge in [-0.25, -0.2) is 9.18 Å². The third-order valence-corrected chi connectivity index (χ3v) is 7.39. The van der Waals surface area contributed by atoms with E-state index in [0.29, 0.717) is 29.9 Å². The number of fused-ring (bicyclic) bond motifs is 2. The second-order valence-electron chi connectivity index (χ2n) is 9.99. The molecule has 5 rings (SSSR count). The van der Waals surface area contributed by atoms with Gasteiger partial charge in [-0.15, -0.1) is 0 Å². The number of anilines is 1. The highest BCUT2D eigenvalue weighted by molar-refractivity contribution is 6.02. The van der Waals surface area contributed by atoms with E-state index < -0.39 is 35.5 Å². The Bertz CT molecular complexity index is 1380. The van der Waals surface area contributed by atoms with Crippen molar-refractivity contribution in [2.75, 3.05) is 18.6 Å². The highest BCUT2D eigenvalue weighted by Gasteiger charge is 2.53. The highest BCUT2D eigenvalue weighted by atomic mass is 19.4. The molecule has 198 valence electrons. The Labute approximate surface area is 217 Å². The van der Waals surface area contributed by atoms with Crippen molar-refractivity contribution in [3.8, 4) is 0 Å². The number of hydrogen-bond acceptors (Lipinski definition) is 4. The molecular weight excluding hydrogens is 500 g/mol. The lowest BCUT2D eigenvalue weighted by Gasteiger charge is -2.23. The number of rotatable bonds is 6. The molecule has 1 heterocycles. The molecule has 0 aromatic heterocycles. The molecule has 9 heteroatoms. The van der Waals surface area contributed by atoms with E-state index in [1.165, 1.54) is 31.4 Å². The van der Waals surface area contributed by atoms with Crippen molar-refractivity contribution in [1.82, 2.24) is 5.32 Å². The zero-order valence-electron chi connectivity index (χ0n) is 20.9. The van der Waals surface area contributed by atoms with Crippen LogP contribution in [0.15, 0.2) is 60.7 Å². The van der Waals surface area contributed by atoms with Gasteiger partial charge in [0, 0.05) is 18.5 Å². The fourth-order valence-electron chi connectivity index (χ4n) is 5.16. The minimum Gasteiger partial charge on any atom is -0.465 e. The van der Waals surface area contributed by atoms with E-state index in [4.69, 9.17) is 4.74 Å². The summed E-state index contributed by atoms with van der Waals surface area (Å²) in [6.45, 7) is 2.65. The van der Waals surface area contributed by atoms with E-state index in [1.807, 2.05) is 4.90 Å². The molecule has 3 aromatic carbocycles. The zero-order chi connectivity index (χ0) is 27.2. The van der Waals surface area contributed by atoms with Crippen molar-refractivity contribution in [2.24, 2.45) is 0 Å². The first-order valence-corrected chi connectivity index (χ1v) is 12.2. The molecule has 1 atom stereocenters. The maximum absolute atomic E-state index is 14.7. The molecule has 1 unspecified atom stereocenters. The first kappa shape index (κ1) is 25.8. The predicted molar refractivity (Wildman–Crippen MR) is 133 cm³/mol. The number of halogens is 4. The average Bonchev–Trinajstić information content (AvgIpc) is 3.61. The maximum atomic E-state index is 14.7. The molecule has 1 spiro atoms. The lowest BCUT2D eigenvalue weighted by molar-refractivity contribution is -0.137. The number of alkyl halides is 3. The summed E-state index contributed by atoms with van der Waals surface area (Å²) in [6.07, 6.45) is -2.70. The van der Waals surface area contributed by atoms with Gasteiger partial charge >= 0.3 is 12.1 Å². The third kappa shape index (κ3) is 4.85. The van der Waals surface area contributed by atoms with Crippen LogP contribution >= 0.6 is 0 Å². The van der Waals surface area contributed by atoms with Crippen molar-refractivity contribution in [1.29, 1.82) is 0 Å². The van der Waals surface area contributed by atoms with Gasteiger partial charge in [-0.3, -0.25) is 4.79 Å². The molecule has 1 amide bonds. The largest absolute Gasteiger partial charge is 0.465 e. The summed E-state index contributed by atoms with van der Waals surface area (Å²) in [7, 11) is 1.29. The molecule has 5 nitrogen and oxygen atoms in total. The maximum Gasteiger partial charge on any atom is 0.416 e. The van der Waals surface area contributed by atoms with Crippen molar-refractivity contribution < 1.29 is 31.9 Å². The van der Waals surface area contributed by atoms with Gasteiger partial charge in [0.2, 0.25) is 0 Å². The summed E-state index contributed by atoms with van der Waals surface area (Å²) >= 11 is 0. The fourth-order valence-corrected chi connectivity index (χ4v) is 5.16. The number of nitrogens with one attached hydrogen (secondary N) is 1. The number of carbonyl (C=O) groups is 2. The third-order valence-electron chi connectivity index (χ3n) is 7.39. The van der Waals surface area contributed by atoms with E-state index in [0.717, 1.165) is 36.1 Å². The van der Waals surface area contributed by atoms with Crippen LogP contribution in [-0.2, 0) is 22.9 Å². The first-order chi connectivity index (χ1) is 18.0. The number of methoxy groups -OCH3 is 1.